The molecule has 2 N–H and O–H groups in total. The van der Waals surface area contributed by atoms with Crippen molar-refractivity contribution in [2.45, 2.75) is 38.3 Å². The Morgan fingerprint density at radius 1 is 1.22 bits per heavy atom. The average molecular weight is 428 g/mol. The summed E-state index contributed by atoms with van der Waals surface area (Å²) in [6, 6.07) is 15.9. The minimum Gasteiger partial charge on any atom is -0.349 e. The van der Waals surface area contributed by atoms with Gasteiger partial charge in [-0.25, -0.2) is 4.98 Å². The highest BCUT2D eigenvalue weighted by atomic mass is 16.2. The number of nitrogens with one attached hydrogen (secondary N) is 2. The van der Waals surface area contributed by atoms with Crippen LogP contribution in [0, 0.1) is 0 Å². The van der Waals surface area contributed by atoms with Crippen LogP contribution in [0.2, 0.25) is 0 Å². The molecule has 2 amide bonds. The van der Waals surface area contributed by atoms with E-state index in [-0.39, 0.29) is 23.9 Å². The zero-order valence-corrected chi connectivity index (χ0v) is 17.9. The molecule has 3 aromatic rings. The molecule has 0 saturated heterocycles. The number of hydrogen-bond acceptors (Lipinski definition) is 4. The third-order valence-corrected chi connectivity index (χ3v) is 6.01. The predicted molar refractivity (Wildman–Crippen MR) is 124 cm³/mol. The summed E-state index contributed by atoms with van der Waals surface area (Å²) < 4.78 is 1.91. The van der Waals surface area contributed by atoms with Crippen molar-refractivity contribution in [2.24, 2.45) is 4.99 Å². The maximum absolute atomic E-state index is 12.9. The van der Waals surface area contributed by atoms with E-state index in [1.807, 2.05) is 47.9 Å². The molecule has 7 heteroatoms. The lowest BCUT2D eigenvalue weighted by Gasteiger charge is -2.23. The van der Waals surface area contributed by atoms with Crippen LogP contribution in [-0.4, -0.2) is 40.2 Å². The predicted octanol–water partition coefficient (Wildman–Crippen LogP) is 3.43. The smallest absolute Gasteiger partial charge is 0.274 e. The zero-order chi connectivity index (χ0) is 22.1. The topological polar surface area (TPSA) is 88.4 Å². The number of fused-ring (bicyclic) bond motifs is 3. The van der Waals surface area contributed by atoms with Gasteiger partial charge in [0.2, 0.25) is 0 Å². The van der Waals surface area contributed by atoms with E-state index in [1.54, 1.807) is 12.3 Å². The fraction of sp³-hybridized carbons (Fsp3) is 0.280. The largest absolute Gasteiger partial charge is 0.349 e. The normalized spacial score (nSPS) is 20.3. The molecule has 0 saturated carbocycles. The number of pyridine rings is 1. The van der Waals surface area contributed by atoms with Gasteiger partial charge in [0.05, 0.1) is 17.8 Å². The van der Waals surface area contributed by atoms with Crippen LogP contribution in [0.4, 0.5) is 0 Å². The molecule has 1 aromatic carbocycles. The van der Waals surface area contributed by atoms with Crippen molar-refractivity contribution < 1.29 is 9.59 Å². The molecular weight excluding hydrogens is 402 g/mol. The lowest BCUT2D eigenvalue weighted by molar-refractivity contribution is 0.0918. The van der Waals surface area contributed by atoms with Gasteiger partial charge >= 0.3 is 0 Å². The minimum atomic E-state index is -0.283. The number of nitrogens with zero attached hydrogens (tertiary/aromatic N) is 3. The number of amides is 2. The number of hydrogen-bond donors (Lipinski definition) is 2. The Morgan fingerprint density at radius 2 is 2.06 bits per heavy atom. The first-order valence-corrected chi connectivity index (χ1v) is 11.0. The van der Waals surface area contributed by atoms with Crippen molar-refractivity contribution in [1.82, 2.24) is 20.2 Å². The molecular formula is C25H25N5O2. The summed E-state index contributed by atoms with van der Waals surface area (Å²) >= 11 is 0. The molecule has 2 atom stereocenters. The Kier molecular flexibility index (Phi) is 5.31. The van der Waals surface area contributed by atoms with Gasteiger partial charge in [0.25, 0.3) is 11.8 Å². The van der Waals surface area contributed by atoms with Crippen molar-refractivity contribution in [3.05, 3.63) is 77.3 Å². The lowest BCUT2D eigenvalue weighted by Crippen LogP contribution is -2.37. The van der Waals surface area contributed by atoms with Crippen LogP contribution in [0.5, 0.6) is 0 Å². The number of aliphatic imine (C=N–C) groups is 1. The minimum absolute atomic E-state index is 0.0734. The maximum Gasteiger partial charge on any atom is 0.274 e. The van der Waals surface area contributed by atoms with Gasteiger partial charge in [-0.05, 0) is 49.9 Å². The SMILES string of the molecule is CC1CNC(=O)c2cc3ccc(C(=O)NC4=CCCC(Cc5ccccc5)N=C4)nc3n21. The Hall–Kier alpha value is -3.74. The lowest BCUT2D eigenvalue weighted by atomic mass is 10.0. The van der Waals surface area contributed by atoms with E-state index in [0.717, 1.165) is 24.6 Å². The Labute approximate surface area is 186 Å². The molecule has 0 bridgehead atoms. The van der Waals surface area contributed by atoms with E-state index in [1.165, 1.54) is 5.56 Å². The van der Waals surface area contributed by atoms with Gasteiger partial charge in [0.1, 0.15) is 17.0 Å². The van der Waals surface area contributed by atoms with Gasteiger partial charge in [0, 0.05) is 18.1 Å². The number of allylic oxidation sites excluding steroid dienone is 2. The van der Waals surface area contributed by atoms with Crippen LogP contribution >= 0.6 is 0 Å². The number of rotatable bonds is 4. The molecule has 0 fully saturated rings. The second kappa shape index (κ2) is 8.42. The molecule has 2 unspecified atom stereocenters. The van der Waals surface area contributed by atoms with Crippen LogP contribution in [0.1, 0.15) is 52.3 Å². The maximum atomic E-state index is 12.9. The molecule has 4 heterocycles. The quantitative estimate of drug-likeness (QED) is 0.669. The summed E-state index contributed by atoms with van der Waals surface area (Å²) in [5.74, 6) is -0.397. The molecule has 2 aliphatic heterocycles. The number of carbonyl (C=O) groups is 2. The fourth-order valence-electron chi connectivity index (χ4n) is 4.33. The van der Waals surface area contributed by atoms with Gasteiger partial charge in [-0.15, -0.1) is 0 Å². The summed E-state index contributed by atoms with van der Waals surface area (Å²) in [6.07, 6.45) is 6.43. The Bertz CT molecular complexity index is 1240. The van der Waals surface area contributed by atoms with E-state index in [2.05, 4.69) is 32.7 Å². The van der Waals surface area contributed by atoms with Crippen LogP contribution in [0.3, 0.4) is 0 Å². The first-order chi connectivity index (χ1) is 15.6. The van der Waals surface area contributed by atoms with E-state index >= 15 is 0 Å². The monoisotopic (exact) mass is 427 g/mol. The average Bonchev–Trinajstić information content (AvgIpc) is 3.07. The summed E-state index contributed by atoms with van der Waals surface area (Å²) in [5, 5.41) is 6.66. The van der Waals surface area contributed by atoms with Crippen LogP contribution in [-0.2, 0) is 6.42 Å². The van der Waals surface area contributed by atoms with Gasteiger partial charge in [0.15, 0.2) is 0 Å². The Morgan fingerprint density at radius 3 is 2.91 bits per heavy atom. The third kappa shape index (κ3) is 3.93. The van der Waals surface area contributed by atoms with Crippen molar-refractivity contribution in [3.63, 3.8) is 0 Å². The summed E-state index contributed by atoms with van der Waals surface area (Å²) in [5.41, 5.74) is 3.50. The van der Waals surface area contributed by atoms with Crippen molar-refractivity contribution in [3.8, 4) is 0 Å². The van der Waals surface area contributed by atoms with Gasteiger partial charge in [-0.1, -0.05) is 36.4 Å². The molecule has 2 aromatic heterocycles. The van der Waals surface area contributed by atoms with Crippen LogP contribution in [0.15, 0.2) is 65.3 Å². The van der Waals surface area contributed by atoms with E-state index in [9.17, 15) is 9.59 Å². The highest BCUT2D eigenvalue weighted by Crippen LogP contribution is 2.25. The number of carbonyl (C=O) groups excluding carboxylic acids is 2. The van der Waals surface area contributed by atoms with Crippen molar-refractivity contribution in [1.29, 1.82) is 0 Å². The highest BCUT2D eigenvalue weighted by Gasteiger charge is 2.25. The van der Waals surface area contributed by atoms with Gasteiger partial charge < -0.3 is 15.2 Å². The summed E-state index contributed by atoms with van der Waals surface area (Å²) in [6.45, 7) is 2.57. The second-order valence-electron chi connectivity index (χ2n) is 8.38. The molecule has 2 aliphatic rings. The van der Waals surface area contributed by atoms with Crippen molar-refractivity contribution in [2.75, 3.05) is 6.54 Å². The number of benzene rings is 1. The molecule has 32 heavy (non-hydrogen) atoms. The molecule has 7 nitrogen and oxygen atoms in total. The summed E-state index contributed by atoms with van der Waals surface area (Å²) in [4.78, 5) is 34.4. The van der Waals surface area contributed by atoms with Gasteiger partial charge in [-0.2, -0.15) is 0 Å². The van der Waals surface area contributed by atoms with Gasteiger partial charge in [-0.3, -0.25) is 14.6 Å². The third-order valence-electron chi connectivity index (χ3n) is 6.01. The fourth-order valence-corrected chi connectivity index (χ4v) is 4.33. The van der Waals surface area contributed by atoms with E-state index in [4.69, 9.17) is 0 Å². The molecule has 162 valence electrons. The van der Waals surface area contributed by atoms with E-state index < -0.39 is 0 Å². The molecule has 0 spiro atoms. The highest BCUT2D eigenvalue weighted by molar-refractivity contribution is 6.01. The first kappa shape index (κ1) is 20.2. The van der Waals surface area contributed by atoms with E-state index in [0.29, 0.717) is 29.3 Å². The van der Waals surface area contributed by atoms with Crippen LogP contribution in [0.25, 0.3) is 11.0 Å². The second-order valence-corrected chi connectivity index (χ2v) is 8.38. The molecule has 5 rings (SSSR count). The first-order valence-electron chi connectivity index (χ1n) is 11.0. The van der Waals surface area contributed by atoms with Crippen molar-refractivity contribution >= 4 is 29.1 Å². The van der Waals surface area contributed by atoms with Crippen LogP contribution < -0.4 is 10.6 Å². The zero-order valence-electron chi connectivity index (χ0n) is 17.9. The number of aromatic nitrogens is 2. The Balaban J connectivity index is 1.32. The standard InChI is InChI=1S/C25H25N5O2/c1-16-14-27-25(32)22-13-18-10-11-21(29-23(18)30(16)22)24(31)28-20-9-5-8-19(26-15-20)12-17-6-3-2-4-7-17/h2-4,6-7,9-11,13,15-16,19H,5,8,12,14H2,1H3,(H,27,32)(H,28,31). The molecule has 0 aliphatic carbocycles. The molecule has 0 radical (unpaired) electrons. The summed E-state index contributed by atoms with van der Waals surface area (Å²) in [7, 11) is 0.